The van der Waals surface area contributed by atoms with Gasteiger partial charge in [0.15, 0.2) is 0 Å². The third kappa shape index (κ3) is 5.32. The van der Waals surface area contributed by atoms with Gasteiger partial charge in [-0.15, -0.1) is 0 Å². The second-order valence-electron chi connectivity index (χ2n) is 5.04. The number of rotatable bonds is 7. The molecular weight excluding hydrogens is 321 g/mol. The minimum atomic E-state index is 0.158. The van der Waals surface area contributed by atoms with Crippen LogP contribution < -0.4 is 14.8 Å². The number of benzene rings is 2. The molecule has 0 saturated heterocycles. The van der Waals surface area contributed by atoms with Crippen molar-refractivity contribution < 1.29 is 9.47 Å². The average molecular weight is 340 g/mol. The van der Waals surface area contributed by atoms with Gasteiger partial charge >= 0.3 is 0 Å². The van der Waals surface area contributed by atoms with Crippen LogP contribution in [0.3, 0.4) is 0 Å². The molecule has 2 aromatic carbocycles. The number of anilines is 1. The van der Waals surface area contributed by atoms with Gasteiger partial charge in [0.25, 0.3) is 0 Å². The molecule has 0 unspecified atom stereocenters. The molecule has 0 saturated carbocycles. The third-order valence-electron chi connectivity index (χ3n) is 2.79. The maximum Gasteiger partial charge on any atom is 0.138 e. The summed E-state index contributed by atoms with van der Waals surface area (Å²) >= 11 is 11.9. The van der Waals surface area contributed by atoms with E-state index in [4.69, 9.17) is 32.7 Å². The fraction of sp³-hybridized carbons (Fsp3) is 0.294. The molecule has 1 N–H and O–H groups in total. The lowest BCUT2D eigenvalue weighted by Crippen LogP contribution is -2.12. The molecule has 3 nitrogen and oxygen atoms in total. The number of nitrogens with one attached hydrogen (secondary N) is 1. The molecule has 0 fully saturated rings. The molecule has 0 aliphatic heterocycles. The van der Waals surface area contributed by atoms with Crippen molar-refractivity contribution in [2.75, 3.05) is 18.5 Å². The van der Waals surface area contributed by atoms with Crippen molar-refractivity contribution in [1.29, 1.82) is 0 Å². The van der Waals surface area contributed by atoms with Crippen molar-refractivity contribution >= 4 is 28.9 Å². The highest BCUT2D eigenvalue weighted by molar-refractivity contribution is 6.35. The SMILES string of the molecule is CC(C)Oc1cccc(NCCOc2ccc(Cl)cc2Cl)c1. The number of hydrogen-bond donors (Lipinski definition) is 1. The van der Waals surface area contributed by atoms with E-state index >= 15 is 0 Å². The van der Waals surface area contributed by atoms with E-state index in [-0.39, 0.29) is 6.10 Å². The van der Waals surface area contributed by atoms with E-state index < -0.39 is 0 Å². The van der Waals surface area contributed by atoms with E-state index in [1.54, 1.807) is 18.2 Å². The quantitative estimate of drug-likeness (QED) is 0.697. The number of halogens is 2. The maximum absolute atomic E-state index is 6.05. The lowest BCUT2D eigenvalue weighted by molar-refractivity contribution is 0.242. The van der Waals surface area contributed by atoms with Crippen LogP contribution in [0.2, 0.25) is 10.0 Å². The highest BCUT2D eigenvalue weighted by Gasteiger charge is 2.02. The van der Waals surface area contributed by atoms with Crippen molar-refractivity contribution in [2.45, 2.75) is 20.0 Å². The summed E-state index contributed by atoms with van der Waals surface area (Å²) < 4.78 is 11.3. The first-order valence-corrected chi connectivity index (χ1v) is 7.88. The minimum Gasteiger partial charge on any atom is -0.491 e. The zero-order valence-electron chi connectivity index (χ0n) is 12.6. The van der Waals surface area contributed by atoms with E-state index in [0.29, 0.717) is 28.9 Å². The van der Waals surface area contributed by atoms with Crippen molar-refractivity contribution in [3.8, 4) is 11.5 Å². The van der Waals surface area contributed by atoms with Crippen LogP contribution in [-0.2, 0) is 0 Å². The second-order valence-corrected chi connectivity index (χ2v) is 5.89. The molecule has 118 valence electrons. The predicted octanol–water partition coefficient (Wildman–Crippen LogP) is 5.27. The van der Waals surface area contributed by atoms with Gasteiger partial charge in [-0.25, -0.2) is 0 Å². The van der Waals surface area contributed by atoms with Crippen molar-refractivity contribution in [2.24, 2.45) is 0 Å². The Morgan fingerprint density at radius 1 is 1.09 bits per heavy atom. The Bertz CT molecular complexity index is 617. The summed E-state index contributed by atoms with van der Waals surface area (Å²) in [5.74, 6) is 1.48. The van der Waals surface area contributed by atoms with Crippen LogP contribution in [0.5, 0.6) is 11.5 Å². The molecule has 0 aliphatic carbocycles. The summed E-state index contributed by atoms with van der Waals surface area (Å²) in [7, 11) is 0. The molecule has 0 spiro atoms. The minimum absolute atomic E-state index is 0.158. The normalized spacial score (nSPS) is 10.6. The Labute approximate surface area is 141 Å². The molecule has 2 aromatic rings. The van der Waals surface area contributed by atoms with Gasteiger partial charge < -0.3 is 14.8 Å². The Morgan fingerprint density at radius 3 is 2.64 bits per heavy atom. The fourth-order valence-corrected chi connectivity index (χ4v) is 2.36. The van der Waals surface area contributed by atoms with Gasteiger partial charge in [-0.05, 0) is 44.2 Å². The lowest BCUT2D eigenvalue weighted by atomic mass is 10.3. The van der Waals surface area contributed by atoms with Gasteiger partial charge in [-0.3, -0.25) is 0 Å². The van der Waals surface area contributed by atoms with Crippen molar-refractivity contribution in [1.82, 2.24) is 0 Å². The van der Waals surface area contributed by atoms with Gasteiger partial charge in [-0.2, -0.15) is 0 Å². The zero-order valence-corrected chi connectivity index (χ0v) is 14.1. The highest BCUT2D eigenvalue weighted by atomic mass is 35.5. The lowest BCUT2D eigenvalue weighted by Gasteiger charge is -2.13. The largest absolute Gasteiger partial charge is 0.491 e. The van der Waals surface area contributed by atoms with Crippen LogP contribution in [0.15, 0.2) is 42.5 Å². The highest BCUT2D eigenvalue weighted by Crippen LogP contribution is 2.27. The van der Waals surface area contributed by atoms with Gasteiger partial charge in [0, 0.05) is 23.3 Å². The summed E-state index contributed by atoms with van der Waals surface area (Å²) in [5.41, 5.74) is 0.990. The third-order valence-corrected chi connectivity index (χ3v) is 3.32. The Balaban J connectivity index is 1.81. The van der Waals surface area contributed by atoms with Crippen LogP contribution in [0.1, 0.15) is 13.8 Å². The summed E-state index contributed by atoms with van der Waals surface area (Å²) in [6.45, 7) is 5.16. The van der Waals surface area contributed by atoms with E-state index in [1.165, 1.54) is 0 Å². The molecular formula is C17H19Cl2NO2. The predicted molar refractivity (Wildman–Crippen MR) is 92.7 cm³/mol. The van der Waals surface area contributed by atoms with Crippen LogP contribution >= 0.6 is 23.2 Å². The van der Waals surface area contributed by atoms with E-state index in [1.807, 2.05) is 38.1 Å². The Hall–Kier alpha value is -1.58. The maximum atomic E-state index is 6.05. The smallest absolute Gasteiger partial charge is 0.138 e. The molecule has 0 aromatic heterocycles. The van der Waals surface area contributed by atoms with E-state index in [2.05, 4.69) is 5.32 Å². The topological polar surface area (TPSA) is 30.5 Å². The monoisotopic (exact) mass is 339 g/mol. The molecule has 0 aliphatic rings. The zero-order chi connectivity index (χ0) is 15.9. The fourth-order valence-electron chi connectivity index (χ4n) is 1.90. The molecule has 0 heterocycles. The molecule has 0 atom stereocenters. The van der Waals surface area contributed by atoms with Gasteiger partial charge in [-0.1, -0.05) is 29.3 Å². The van der Waals surface area contributed by atoms with Crippen LogP contribution in [-0.4, -0.2) is 19.3 Å². The second kappa shape index (κ2) is 8.16. The summed E-state index contributed by atoms with van der Waals surface area (Å²) in [6.07, 6.45) is 0.158. The van der Waals surface area contributed by atoms with E-state index in [0.717, 1.165) is 11.4 Å². The first-order chi connectivity index (χ1) is 10.5. The van der Waals surface area contributed by atoms with Crippen molar-refractivity contribution in [3.63, 3.8) is 0 Å². The average Bonchev–Trinajstić information content (AvgIpc) is 2.45. The molecule has 0 radical (unpaired) electrons. The standard InChI is InChI=1S/C17H19Cl2NO2/c1-12(2)22-15-5-3-4-14(11-15)20-8-9-21-17-7-6-13(18)10-16(17)19/h3-7,10-12,20H,8-9H2,1-2H3. The van der Waals surface area contributed by atoms with Gasteiger partial charge in [0.1, 0.15) is 18.1 Å². The summed E-state index contributed by atoms with van der Waals surface area (Å²) in [4.78, 5) is 0. The van der Waals surface area contributed by atoms with Crippen LogP contribution in [0.25, 0.3) is 0 Å². The van der Waals surface area contributed by atoms with Crippen LogP contribution in [0.4, 0.5) is 5.69 Å². The molecule has 2 rings (SSSR count). The Morgan fingerprint density at radius 2 is 1.91 bits per heavy atom. The first kappa shape index (κ1) is 16.8. The van der Waals surface area contributed by atoms with E-state index in [9.17, 15) is 0 Å². The number of ether oxygens (including phenoxy) is 2. The van der Waals surface area contributed by atoms with Gasteiger partial charge in [0.05, 0.1) is 11.1 Å². The summed E-state index contributed by atoms with van der Waals surface area (Å²) in [6, 6.07) is 13.0. The Kier molecular flexibility index (Phi) is 6.22. The molecule has 22 heavy (non-hydrogen) atoms. The van der Waals surface area contributed by atoms with Gasteiger partial charge in [0.2, 0.25) is 0 Å². The number of hydrogen-bond acceptors (Lipinski definition) is 3. The molecule has 5 heteroatoms. The van der Waals surface area contributed by atoms with Crippen molar-refractivity contribution in [3.05, 3.63) is 52.5 Å². The first-order valence-electron chi connectivity index (χ1n) is 7.13. The molecule has 0 amide bonds. The molecule has 0 bridgehead atoms. The summed E-state index contributed by atoms with van der Waals surface area (Å²) in [5, 5.41) is 4.39. The van der Waals surface area contributed by atoms with Crippen LogP contribution in [0, 0.1) is 0 Å².